The van der Waals surface area contributed by atoms with Gasteiger partial charge in [-0.3, -0.25) is 14.8 Å². The van der Waals surface area contributed by atoms with Crippen LogP contribution >= 0.6 is 0 Å². The maximum atomic E-state index is 13.0. The van der Waals surface area contributed by atoms with Crippen molar-refractivity contribution < 1.29 is 31.1 Å². The molecule has 0 aliphatic heterocycles. The molecule has 2 aromatic carbocycles. The molecule has 0 fully saturated rings. The van der Waals surface area contributed by atoms with E-state index in [0.29, 0.717) is 28.1 Å². The molecule has 0 radical (unpaired) electrons. The first kappa shape index (κ1) is 23.8. The van der Waals surface area contributed by atoms with E-state index in [1.165, 1.54) is 43.6 Å². The third-order valence-corrected chi connectivity index (χ3v) is 4.57. The number of halogens is 6. The van der Waals surface area contributed by atoms with Gasteiger partial charge in [0.2, 0.25) is 0 Å². The summed E-state index contributed by atoms with van der Waals surface area (Å²) in [5.41, 5.74) is 3.93. The number of amides is 1. The lowest BCUT2D eigenvalue weighted by Crippen LogP contribution is -2.31. The number of amidine groups is 1. The van der Waals surface area contributed by atoms with E-state index in [-0.39, 0.29) is 11.4 Å². The van der Waals surface area contributed by atoms with Gasteiger partial charge in [0.15, 0.2) is 0 Å². The molecule has 3 aromatic rings. The van der Waals surface area contributed by atoms with Gasteiger partial charge in [-0.1, -0.05) is 18.2 Å². The first-order valence-corrected chi connectivity index (χ1v) is 9.28. The molecule has 0 aliphatic rings. The molecule has 0 atom stereocenters. The Kier molecular flexibility index (Phi) is 6.43. The number of nitrogens with one attached hydrogen (secondary N) is 1. The second-order valence-corrected chi connectivity index (χ2v) is 6.87. The van der Waals surface area contributed by atoms with Gasteiger partial charge in [-0.25, -0.2) is 0 Å². The number of benzene rings is 2. The third kappa shape index (κ3) is 5.68. The molecule has 0 aliphatic carbocycles. The fourth-order valence-electron chi connectivity index (χ4n) is 2.87. The maximum Gasteiger partial charge on any atom is 0.430 e. The average molecular weight is 466 g/mol. The predicted octanol–water partition coefficient (Wildman–Crippen LogP) is 5.08. The molecule has 0 spiro atoms. The monoisotopic (exact) mass is 466 g/mol. The van der Waals surface area contributed by atoms with E-state index in [1.807, 2.05) is 0 Å². The second-order valence-electron chi connectivity index (χ2n) is 6.87. The van der Waals surface area contributed by atoms with Crippen molar-refractivity contribution in [2.75, 3.05) is 7.05 Å². The number of aromatic nitrogens is 1. The Morgan fingerprint density at radius 1 is 1.03 bits per heavy atom. The van der Waals surface area contributed by atoms with E-state index in [1.54, 1.807) is 6.07 Å². The van der Waals surface area contributed by atoms with Crippen LogP contribution in [0.1, 0.15) is 15.9 Å². The fraction of sp³-hybridized carbons (Fsp3) is 0.136. The molecule has 0 bridgehead atoms. The number of nitrogens with zero attached hydrogens (tertiary/aromatic N) is 2. The molecule has 1 amide bonds. The minimum atomic E-state index is -4.77. The zero-order valence-electron chi connectivity index (χ0n) is 16.9. The molecule has 172 valence electrons. The largest absolute Gasteiger partial charge is 0.430 e. The summed E-state index contributed by atoms with van der Waals surface area (Å²) in [6, 6.07) is 10.7. The summed E-state index contributed by atoms with van der Waals surface area (Å²) in [6.45, 7) is 0. The quantitative estimate of drug-likeness (QED) is 0.321. The molecule has 1 aromatic heterocycles. The van der Waals surface area contributed by atoms with Gasteiger partial charge in [0, 0.05) is 35.8 Å². The lowest BCUT2D eigenvalue weighted by atomic mass is 10.0. The van der Waals surface area contributed by atoms with Gasteiger partial charge in [-0.15, -0.1) is 0 Å². The molecule has 0 saturated heterocycles. The molecule has 11 heteroatoms. The number of hydrogen-bond acceptors (Lipinski definition) is 4. The van der Waals surface area contributed by atoms with Crippen molar-refractivity contribution >= 4 is 22.6 Å². The second kappa shape index (κ2) is 8.93. The van der Waals surface area contributed by atoms with Crippen LogP contribution in [0.2, 0.25) is 0 Å². The fourth-order valence-corrected chi connectivity index (χ4v) is 2.87. The van der Waals surface area contributed by atoms with Gasteiger partial charge >= 0.3 is 12.4 Å². The number of nitrogens with two attached hydrogens (primary N) is 1. The van der Waals surface area contributed by atoms with E-state index in [9.17, 15) is 31.1 Å². The van der Waals surface area contributed by atoms with Crippen LogP contribution in [-0.4, -0.2) is 30.0 Å². The highest BCUT2D eigenvalue weighted by Crippen LogP contribution is 2.32. The van der Waals surface area contributed by atoms with Crippen LogP contribution in [0.4, 0.5) is 26.3 Å². The smallest absolute Gasteiger partial charge is 0.395 e. The van der Waals surface area contributed by atoms with Crippen LogP contribution in [0, 0.1) is 0 Å². The van der Waals surface area contributed by atoms with Crippen LogP contribution in [0.25, 0.3) is 22.0 Å². The van der Waals surface area contributed by atoms with Crippen molar-refractivity contribution in [2.45, 2.75) is 12.4 Å². The number of aliphatic imine (C=N–C) groups is 1. The normalized spacial score (nSPS) is 13.3. The van der Waals surface area contributed by atoms with Crippen molar-refractivity contribution in [3.8, 4) is 11.1 Å². The van der Waals surface area contributed by atoms with Crippen molar-refractivity contribution in [2.24, 2.45) is 10.7 Å². The van der Waals surface area contributed by atoms with Gasteiger partial charge in [0.05, 0.1) is 11.1 Å². The van der Waals surface area contributed by atoms with Crippen LogP contribution in [0.15, 0.2) is 71.5 Å². The van der Waals surface area contributed by atoms with E-state index in [2.05, 4.69) is 15.3 Å². The molecule has 5 nitrogen and oxygen atoms in total. The summed E-state index contributed by atoms with van der Waals surface area (Å²) in [7, 11) is 1.19. The highest BCUT2D eigenvalue weighted by atomic mass is 19.4. The third-order valence-electron chi connectivity index (χ3n) is 4.57. The SMILES string of the molecule is CN=C(/C=C(\N)C(F)(F)F)NC(=O)c1ccc2cc(-c3cccc(C(F)(F)F)c3)cnc2c1. The number of carbonyl (C=O) groups is 1. The molecule has 33 heavy (non-hydrogen) atoms. The number of allylic oxidation sites excluding steroid dienone is 1. The number of carbonyl (C=O) groups excluding carboxylic acids is 1. The zero-order valence-corrected chi connectivity index (χ0v) is 16.9. The number of pyridine rings is 1. The van der Waals surface area contributed by atoms with E-state index in [0.717, 1.165) is 12.1 Å². The molecular formula is C22H16F6N4O. The highest BCUT2D eigenvalue weighted by Gasteiger charge is 2.32. The Bertz CT molecular complexity index is 1260. The van der Waals surface area contributed by atoms with Gasteiger partial charge < -0.3 is 11.1 Å². The van der Waals surface area contributed by atoms with Crippen molar-refractivity contribution in [3.63, 3.8) is 0 Å². The Hall–Kier alpha value is -3.89. The summed E-state index contributed by atoms with van der Waals surface area (Å²) in [5.74, 6) is -1.13. The van der Waals surface area contributed by atoms with Gasteiger partial charge in [0.1, 0.15) is 11.5 Å². The lowest BCUT2D eigenvalue weighted by molar-refractivity contribution is -0.137. The number of hydrogen-bond donors (Lipinski definition) is 2. The molecule has 3 rings (SSSR count). The topological polar surface area (TPSA) is 80.4 Å². The summed E-state index contributed by atoms with van der Waals surface area (Å²) in [4.78, 5) is 20.2. The molecular weight excluding hydrogens is 450 g/mol. The Balaban J connectivity index is 1.86. The first-order valence-electron chi connectivity index (χ1n) is 9.28. The summed E-state index contributed by atoms with van der Waals surface area (Å²) in [5, 5.41) is 2.78. The lowest BCUT2D eigenvalue weighted by Gasteiger charge is -2.10. The Morgan fingerprint density at radius 2 is 1.76 bits per heavy atom. The molecule has 0 unspecified atom stereocenters. The minimum absolute atomic E-state index is 0.0851. The maximum absolute atomic E-state index is 13.0. The van der Waals surface area contributed by atoms with Crippen LogP contribution < -0.4 is 11.1 Å². The average Bonchev–Trinajstić information content (AvgIpc) is 2.76. The van der Waals surface area contributed by atoms with Gasteiger partial charge in [0.25, 0.3) is 5.91 Å². The van der Waals surface area contributed by atoms with Gasteiger partial charge in [-0.05, 0) is 35.9 Å². The van der Waals surface area contributed by atoms with Crippen LogP contribution in [0.3, 0.4) is 0 Å². The van der Waals surface area contributed by atoms with E-state index in [4.69, 9.17) is 5.73 Å². The minimum Gasteiger partial charge on any atom is -0.395 e. The highest BCUT2D eigenvalue weighted by molar-refractivity contribution is 6.11. The van der Waals surface area contributed by atoms with Gasteiger partial charge in [-0.2, -0.15) is 26.3 Å². The number of alkyl halides is 6. The first-order chi connectivity index (χ1) is 15.4. The van der Waals surface area contributed by atoms with Crippen molar-refractivity contribution in [1.29, 1.82) is 0 Å². The summed E-state index contributed by atoms with van der Waals surface area (Å²) in [6.07, 6.45) is -7.39. The van der Waals surface area contributed by atoms with E-state index >= 15 is 0 Å². The number of fused-ring (bicyclic) bond motifs is 1. The summed E-state index contributed by atoms with van der Waals surface area (Å²) >= 11 is 0. The summed E-state index contributed by atoms with van der Waals surface area (Å²) < 4.78 is 76.7. The Morgan fingerprint density at radius 3 is 2.39 bits per heavy atom. The standard InChI is InChI=1S/C22H16F6N4O/c1-30-19(10-18(29)22(26,27)28)32-20(33)14-6-5-13-7-15(11-31-17(13)9-14)12-3-2-4-16(8-12)21(23,24)25/h2-11H,29H2,1H3,(H,30,32,33)/b18-10-. The van der Waals surface area contributed by atoms with Crippen LogP contribution in [-0.2, 0) is 6.18 Å². The molecule has 0 saturated carbocycles. The van der Waals surface area contributed by atoms with Crippen molar-refractivity contribution in [3.05, 3.63) is 77.6 Å². The van der Waals surface area contributed by atoms with E-state index < -0.39 is 29.5 Å². The molecule has 3 N–H and O–H groups in total. The Labute approximate surface area is 183 Å². The van der Waals surface area contributed by atoms with Crippen molar-refractivity contribution in [1.82, 2.24) is 10.3 Å². The predicted molar refractivity (Wildman–Crippen MR) is 111 cm³/mol. The number of rotatable bonds is 3. The zero-order chi connectivity index (χ0) is 24.4. The molecule has 1 heterocycles. The van der Waals surface area contributed by atoms with Crippen LogP contribution in [0.5, 0.6) is 0 Å².